The molecule has 0 aliphatic carbocycles. The highest BCUT2D eigenvalue weighted by atomic mass is 32.2. The van der Waals surface area contributed by atoms with E-state index in [1.54, 1.807) is 0 Å². The van der Waals surface area contributed by atoms with Crippen molar-refractivity contribution in [3.63, 3.8) is 0 Å². The maximum Gasteiger partial charge on any atom is -0.00646 e. The van der Waals surface area contributed by atoms with Crippen LogP contribution in [0, 0.1) is 0 Å². The molecule has 0 aromatic heterocycles. The monoisotopic (exact) mass is 172 g/mol. The molecule has 0 N–H and O–H groups in total. The second kappa shape index (κ2) is 8.19. The topological polar surface area (TPSA) is 0 Å². The predicted molar refractivity (Wildman–Crippen MR) is 56.3 cm³/mol. The zero-order valence-corrected chi connectivity index (χ0v) is 8.84. The van der Waals surface area contributed by atoms with Crippen molar-refractivity contribution >= 4 is 11.8 Å². The molecular formula is C10H20S. The maximum atomic E-state index is 2.33. The van der Waals surface area contributed by atoms with Crippen molar-refractivity contribution in [2.75, 3.05) is 11.5 Å². The molecule has 1 heteroatoms. The predicted octanol–water partition coefficient (Wildman–Crippen LogP) is 3.88. The van der Waals surface area contributed by atoms with E-state index in [1.165, 1.54) is 36.3 Å². The number of hydrogen-bond acceptors (Lipinski definition) is 1. The molecule has 0 unspecified atom stereocenters. The van der Waals surface area contributed by atoms with Crippen LogP contribution >= 0.6 is 11.8 Å². The lowest BCUT2D eigenvalue weighted by Gasteiger charge is -1.96. The van der Waals surface area contributed by atoms with Crippen LogP contribution < -0.4 is 0 Å². The van der Waals surface area contributed by atoms with Crippen LogP contribution in [0.2, 0.25) is 0 Å². The third-order valence-corrected chi connectivity index (χ3v) is 2.67. The quantitative estimate of drug-likeness (QED) is 0.433. The Kier molecular flexibility index (Phi) is 8.26. The molecule has 0 radical (unpaired) electrons. The fourth-order valence-corrected chi connectivity index (χ4v) is 1.69. The fraction of sp³-hybridized carbons (Fsp3) is 0.800. The molecule has 0 aliphatic rings. The molecule has 0 spiro atoms. The largest absolute Gasteiger partial charge is 0.162 e. The summed E-state index contributed by atoms with van der Waals surface area (Å²) in [6, 6.07) is 0. The molecule has 0 saturated heterocycles. The Morgan fingerprint density at radius 3 is 2.55 bits per heavy atom. The summed E-state index contributed by atoms with van der Waals surface area (Å²) in [7, 11) is 0. The first-order valence-electron chi connectivity index (χ1n) is 4.48. The van der Waals surface area contributed by atoms with E-state index in [2.05, 4.69) is 38.6 Å². The van der Waals surface area contributed by atoms with Gasteiger partial charge in [-0.15, -0.1) is 0 Å². The molecule has 0 heterocycles. The van der Waals surface area contributed by atoms with Gasteiger partial charge in [-0.1, -0.05) is 18.6 Å². The van der Waals surface area contributed by atoms with Gasteiger partial charge in [-0.05, 0) is 44.6 Å². The van der Waals surface area contributed by atoms with Gasteiger partial charge in [0, 0.05) is 0 Å². The van der Waals surface area contributed by atoms with E-state index < -0.39 is 0 Å². The third kappa shape index (κ3) is 10.1. The van der Waals surface area contributed by atoms with Crippen LogP contribution in [0.25, 0.3) is 0 Å². The Balaban J connectivity index is 2.97. The molecule has 66 valence electrons. The van der Waals surface area contributed by atoms with E-state index in [0.29, 0.717) is 0 Å². The highest BCUT2D eigenvalue weighted by molar-refractivity contribution is 7.99. The molecule has 0 nitrogen and oxygen atoms in total. The van der Waals surface area contributed by atoms with Crippen LogP contribution in [-0.2, 0) is 0 Å². The first kappa shape index (κ1) is 11.1. The van der Waals surface area contributed by atoms with Crippen molar-refractivity contribution in [3.05, 3.63) is 11.6 Å². The number of hydrogen-bond donors (Lipinski definition) is 0. The first-order chi connectivity index (χ1) is 5.27. The zero-order chi connectivity index (χ0) is 8.53. The smallest absolute Gasteiger partial charge is 0.00646 e. The summed E-state index contributed by atoms with van der Waals surface area (Å²) < 4.78 is 0. The van der Waals surface area contributed by atoms with Crippen LogP contribution in [0.1, 0.15) is 40.0 Å². The summed E-state index contributed by atoms with van der Waals surface area (Å²) in [5.41, 5.74) is 1.45. The molecule has 0 aromatic rings. The third-order valence-electron chi connectivity index (χ3n) is 1.39. The van der Waals surface area contributed by atoms with E-state index in [0.717, 1.165) is 0 Å². The molecule has 0 amide bonds. The zero-order valence-electron chi connectivity index (χ0n) is 8.02. The van der Waals surface area contributed by atoms with E-state index in [1.807, 2.05) is 0 Å². The van der Waals surface area contributed by atoms with Crippen LogP contribution in [0.5, 0.6) is 0 Å². The Bertz CT molecular complexity index is 101. The molecule has 0 aromatic carbocycles. The highest BCUT2D eigenvalue weighted by Crippen LogP contribution is 2.06. The normalized spacial score (nSPS) is 9.73. The van der Waals surface area contributed by atoms with Gasteiger partial charge in [0.1, 0.15) is 0 Å². The Morgan fingerprint density at radius 2 is 2.00 bits per heavy atom. The van der Waals surface area contributed by atoms with Crippen LogP contribution in [0.4, 0.5) is 0 Å². The second-order valence-corrected chi connectivity index (χ2v) is 4.26. The average Bonchev–Trinajstić information content (AvgIpc) is 1.96. The first-order valence-corrected chi connectivity index (χ1v) is 5.64. The van der Waals surface area contributed by atoms with Crippen molar-refractivity contribution in [1.82, 2.24) is 0 Å². The standard InChI is InChI=1S/C10H20S/c1-4-8-11-9-6-5-7-10(2)3/h7H,4-6,8-9H2,1-3H3. The van der Waals surface area contributed by atoms with Crippen LogP contribution in [0.3, 0.4) is 0 Å². The molecule has 11 heavy (non-hydrogen) atoms. The number of allylic oxidation sites excluding steroid dienone is 2. The Morgan fingerprint density at radius 1 is 1.27 bits per heavy atom. The molecule has 0 fully saturated rings. The lowest BCUT2D eigenvalue weighted by atomic mass is 10.2. The van der Waals surface area contributed by atoms with E-state index in [-0.39, 0.29) is 0 Å². The summed E-state index contributed by atoms with van der Waals surface area (Å²) in [4.78, 5) is 0. The SMILES string of the molecule is CCCSCCCC=C(C)C. The van der Waals surface area contributed by atoms with Gasteiger partial charge in [0.05, 0.1) is 0 Å². The van der Waals surface area contributed by atoms with Gasteiger partial charge in [0.2, 0.25) is 0 Å². The molecule has 0 bridgehead atoms. The van der Waals surface area contributed by atoms with Gasteiger partial charge in [0.25, 0.3) is 0 Å². The van der Waals surface area contributed by atoms with Gasteiger partial charge in [-0.3, -0.25) is 0 Å². The molecule has 0 atom stereocenters. The minimum atomic E-state index is 1.26. The lowest BCUT2D eigenvalue weighted by molar-refractivity contribution is 0.957. The van der Waals surface area contributed by atoms with E-state index in [4.69, 9.17) is 0 Å². The summed E-state index contributed by atoms with van der Waals surface area (Å²) >= 11 is 2.08. The number of rotatable bonds is 6. The van der Waals surface area contributed by atoms with Crippen LogP contribution in [-0.4, -0.2) is 11.5 Å². The number of thioether (sulfide) groups is 1. The molecule has 0 rings (SSSR count). The van der Waals surface area contributed by atoms with Crippen molar-refractivity contribution in [3.8, 4) is 0 Å². The maximum absolute atomic E-state index is 2.33. The molecule has 0 saturated carbocycles. The van der Waals surface area contributed by atoms with Crippen molar-refractivity contribution in [1.29, 1.82) is 0 Å². The minimum Gasteiger partial charge on any atom is -0.162 e. The summed E-state index contributed by atoms with van der Waals surface area (Å²) in [5, 5.41) is 0. The summed E-state index contributed by atoms with van der Waals surface area (Å²) in [6.07, 6.45) is 6.24. The average molecular weight is 172 g/mol. The van der Waals surface area contributed by atoms with E-state index in [9.17, 15) is 0 Å². The van der Waals surface area contributed by atoms with E-state index >= 15 is 0 Å². The van der Waals surface area contributed by atoms with Gasteiger partial charge in [-0.25, -0.2) is 0 Å². The Hall–Kier alpha value is 0.0900. The van der Waals surface area contributed by atoms with Crippen LogP contribution in [0.15, 0.2) is 11.6 Å². The molecule has 0 aliphatic heterocycles. The van der Waals surface area contributed by atoms with Crippen molar-refractivity contribution in [2.45, 2.75) is 40.0 Å². The van der Waals surface area contributed by atoms with Gasteiger partial charge in [-0.2, -0.15) is 11.8 Å². The number of unbranched alkanes of at least 4 members (excludes halogenated alkanes) is 1. The van der Waals surface area contributed by atoms with Gasteiger partial charge < -0.3 is 0 Å². The second-order valence-electron chi connectivity index (χ2n) is 3.04. The lowest BCUT2D eigenvalue weighted by Crippen LogP contribution is -1.81. The summed E-state index contributed by atoms with van der Waals surface area (Å²) in [6.45, 7) is 6.57. The highest BCUT2D eigenvalue weighted by Gasteiger charge is 1.86. The summed E-state index contributed by atoms with van der Waals surface area (Å²) in [5.74, 6) is 2.66. The van der Waals surface area contributed by atoms with Crippen molar-refractivity contribution < 1.29 is 0 Å². The van der Waals surface area contributed by atoms with Gasteiger partial charge >= 0.3 is 0 Å². The molecular weight excluding hydrogens is 152 g/mol. The van der Waals surface area contributed by atoms with Crippen molar-refractivity contribution in [2.24, 2.45) is 0 Å². The van der Waals surface area contributed by atoms with Gasteiger partial charge in [0.15, 0.2) is 0 Å². The Labute approximate surface area is 75.5 Å². The fourth-order valence-electron chi connectivity index (χ4n) is 0.823. The minimum absolute atomic E-state index is 1.26.